The molecule has 4 atom stereocenters. The molecule has 9 heteroatoms. The normalized spacial score (nSPS) is 18.0. The van der Waals surface area contributed by atoms with E-state index in [9.17, 15) is 18.3 Å². The summed E-state index contributed by atoms with van der Waals surface area (Å²) in [5, 5.41) is 23.4. The first-order valence-electron chi connectivity index (χ1n) is 13.5. The average molecular weight is 544 g/mol. The fourth-order valence-electron chi connectivity index (χ4n) is 5.59. The lowest BCUT2D eigenvalue weighted by Gasteiger charge is -2.35. The van der Waals surface area contributed by atoms with Gasteiger partial charge in [-0.2, -0.15) is 4.31 Å². The molecule has 4 N–H and O–H groups in total. The van der Waals surface area contributed by atoms with Gasteiger partial charge in [-0.05, 0) is 54.4 Å². The summed E-state index contributed by atoms with van der Waals surface area (Å²) < 4.78 is 29.1. The predicted molar refractivity (Wildman–Crippen MR) is 148 cm³/mol. The van der Waals surface area contributed by atoms with Gasteiger partial charge in [0, 0.05) is 24.9 Å². The largest absolute Gasteiger partial charge is 0.411 e. The van der Waals surface area contributed by atoms with Crippen LogP contribution in [0.1, 0.15) is 57.1 Å². The molecular formula is C29H41N3O5S. The van der Waals surface area contributed by atoms with E-state index in [-0.39, 0.29) is 23.3 Å². The topological polar surface area (TPSA) is 133 Å². The summed E-state index contributed by atoms with van der Waals surface area (Å²) in [5.74, 6) is -1.49. The van der Waals surface area contributed by atoms with Crippen LogP contribution in [0, 0.1) is 23.7 Å². The van der Waals surface area contributed by atoms with E-state index in [1.165, 1.54) is 22.7 Å². The number of aliphatic hydroxyl groups excluding tert-OH is 1. The number of nitrogens with zero attached hydrogens (tertiary/aromatic N) is 2. The van der Waals surface area contributed by atoms with Crippen LogP contribution in [0.3, 0.4) is 0 Å². The first-order chi connectivity index (χ1) is 18.2. The highest BCUT2D eigenvalue weighted by Crippen LogP contribution is 2.32. The third kappa shape index (κ3) is 7.65. The molecule has 2 aromatic rings. The fourth-order valence-corrected chi connectivity index (χ4v) is 7.13. The molecule has 1 fully saturated rings. The Labute approximate surface area is 226 Å². The Hall–Kier alpha value is -2.75. The molecule has 0 bridgehead atoms. The zero-order chi connectivity index (χ0) is 27.7. The van der Waals surface area contributed by atoms with Gasteiger partial charge in [-0.1, -0.05) is 80.7 Å². The lowest BCUT2D eigenvalue weighted by molar-refractivity contribution is -0.127. The fraction of sp³-hybridized carbons (Fsp3) is 0.517. The van der Waals surface area contributed by atoms with Gasteiger partial charge in [0.25, 0.3) is 0 Å². The summed E-state index contributed by atoms with van der Waals surface area (Å²) in [6.45, 7) is 4.11. The van der Waals surface area contributed by atoms with Crippen LogP contribution < -0.4 is 5.73 Å². The molecule has 1 amide bonds. The van der Waals surface area contributed by atoms with Crippen LogP contribution in [-0.2, 0) is 21.2 Å². The number of carbonyl (C=O) groups is 1. The van der Waals surface area contributed by atoms with Crippen LogP contribution in [0.25, 0.3) is 0 Å². The maximum Gasteiger partial charge on any atom is 0.243 e. The minimum atomic E-state index is -3.94. The van der Waals surface area contributed by atoms with Gasteiger partial charge >= 0.3 is 0 Å². The second-order valence-corrected chi connectivity index (χ2v) is 12.5. The van der Waals surface area contributed by atoms with Crippen LogP contribution in [0.15, 0.2) is 64.6 Å². The van der Waals surface area contributed by atoms with Crippen LogP contribution in [-0.4, -0.2) is 54.4 Å². The second kappa shape index (κ2) is 13.9. The number of carbonyl (C=O) groups excluding carboxylic acids is 1. The highest BCUT2D eigenvalue weighted by molar-refractivity contribution is 7.89. The van der Waals surface area contributed by atoms with Gasteiger partial charge in [-0.25, -0.2) is 8.42 Å². The van der Waals surface area contributed by atoms with E-state index in [1.54, 1.807) is 12.1 Å². The van der Waals surface area contributed by atoms with Crippen molar-refractivity contribution in [3.8, 4) is 0 Å². The molecule has 1 aliphatic carbocycles. The molecule has 38 heavy (non-hydrogen) atoms. The summed E-state index contributed by atoms with van der Waals surface area (Å²) in [5.41, 5.74) is 7.39. The summed E-state index contributed by atoms with van der Waals surface area (Å²) in [6, 6.07) is 15.7. The van der Waals surface area contributed by atoms with Gasteiger partial charge in [0.2, 0.25) is 15.9 Å². The van der Waals surface area contributed by atoms with Crippen LogP contribution >= 0.6 is 0 Å². The lowest BCUT2D eigenvalue weighted by atomic mass is 9.75. The number of hydrogen-bond acceptors (Lipinski definition) is 6. The molecule has 1 aliphatic rings. The van der Waals surface area contributed by atoms with E-state index in [0.29, 0.717) is 24.9 Å². The molecule has 0 saturated heterocycles. The van der Waals surface area contributed by atoms with Crippen molar-refractivity contribution in [2.75, 3.05) is 13.1 Å². The van der Waals surface area contributed by atoms with Crippen molar-refractivity contribution >= 4 is 22.1 Å². The summed E-state index contributed by atoms with van der Waals surface area (Å²) >= 11 is 0. The highest BCUT2D eigenvalue weighted by atomic mass is 32.2. The van der Waals surface area contributed by atoms with Crippen LogP contribution in [0.2, 0.25) is 0 Å². The van der Waals surface area contributed by atoms with Crippen molar-refractivity contribution in [3.05, 3.63) is 65.7 Å². The van der Waals surface area contributed by atoms with Gasteiger partial charge < -0.3 is 16.0 Å². The minimum absolute atomic E-state index is 0.0727. The van der Waals surface area contributed by atoms with Crippen molar-refractivity contribution in [1.82, 2.24) is 4.31 Å². The highest BCUT2D eigenvalue weighted by Gasteiger charge is 2.39. The number of aliphatic hydroxyl groups is 1. The SMILES string of the molecule is CCC(C)C(C(N)=O)[C@H](Cc1ccccc1)[C@@H](O)CN(CC1CCCC1)S(=O)(=O)c1ccc(C=NO)cc1. The van der Waals surface area contributed by atoms with Crippen molar-refractivity contribution in [2.45, 2.75) is 63.4 Å². The molecule has 2 unspecified atom stereocenters. The average Bonchev–Trinajstić information content (AvgIpc) is 3.42. The minimum Gasteiger partial charge on any atom is -0.411 e. The first kappa shape index (κ1) is 29.8. The molecule has 1 saturated carbocycles. The zero-order valence-electron chi connectivity index (χ0n) is 22.3. The van der Waals surface area contributed by atoms with Crippen molar-refractivity contribution in [2.24, 2.45) is 34.6 Å². The molecule has 8 nitrogen and oxygen atoms in total. The zero-order valence-corrected chi connectivity index (χ0v) is 23.1. The Morgan fingerprint density at radius 2 is 1.76 bits per heavy atom. The molecule has 2 aromatic carbocycles. The van der Waals surface area contributed by atoms with E-state index in [4.69, 9.17) is 10.9 Å². The first-order valence-corrected chi connectivity index (χ1v) is 14.9. The number of hydrogen-bond donors (Lipinski definition) is 3. The molecular weight excluding hydrogens is 502 g/mol. The maximum absolute atomic E-state index is 13.8. The monoisotopic (exact) mass is 543 g/mol. The smallest absolute Gasteiger partial charge is 0.243 e. The Bertz CT molecular complexity index is 1150. The third-order valence-electron chi connectivity index (χ3n) is 7.91. The summed E-state index contributed by atoms with van der Waals surface area (Å²) in [6.07, 6.45) is 5.25. The standard InChI is InChI=1S/C29H41N3O5S/c1-3-21(2)28(29(30)34)26(17-22-9-5-4-6-10-22)27(33)20-32(19-24-11-7-8-12-24)38(36,37)25-15-13-23(14-16-25)18-31-35/h4-6,9-10,13-16,18,21,24,26-28,33,35H,3,7-8,11-12,17,19-20H2,1-2H3,(H2,30,34)/t21?,26-,27+,28?/m1/s1. The van der Waals surface area contributed by atoms with E-state index < -0.39 is 33.9 Å². The summed E-state index contributed by atoms with van der Waals surface area (Å²) in [7, 11) is -3.94. The molecule has 0 heterocycles. The number of benzene rings is 2. The Morgan fingerprint density at radius 1 is 1.13 bits per heavy atom. The number of oxime groups is 1. The van der Waals surface area contributed by atoms with Gasteiger partial charge in [0.05, 0.1) is 17.2 Å². The number of primary amides is 1. The predicted octanol–water partition coefficient (Wildman–Crippen LogP) is 4.04. The number of nitrogens with two attached hydrogens (primary N) is 1. The lowest BCUT2D eigenvalue weighted by Crippen LogP contribution is -2.48. The van der Waals surface area contributed by atoms with Crippen molar-refractivity contribution in [3.63, 3.8) is 0 Å². The van der Waals surface area contributed by atoms with Crippen LogP contribution in [0.5, 0.6) is 0 Å². The van der Waals surface area contributed by atoms with E-state index in [2.05, 4.69) is 5.16 Å². The van der Waals surface area contributed by atoms with Gasteiger partial charge in [0.1, 0.15) is 0 Å². The molecule has 208 valence electrons. The Balaban J connectivity index is 1.96. The van der Waals surface area contributed by atoms with Crippen molar-refractivity contribution < 1.29 is 23.5 Å². The summed E-state index contributed by atoms with van der Waals surface area (Å²) in [4.78, 5) is 12.8. The Morgan fingerprint density at radius 3 is 2.32 bits per heavy atom. The molecule has 0 radical (unpaired) electrons. The number of sulfonamides is 1. The quantitative estimate of drug-likeness (QED) is 0.188. The van der Waals surface area contributed by atoms with Crippen LogP contribution in [0.4, 0.5) is 0 Å². The molecule has 0 spiro atoms. The third-order valence-corrected chi connectivity index (χ3v) is 9.75. The van der Waals surface area contributed by atoms with Crippen molar-refractivity contribution in [1.29, 1.82) is 0 Å². The molecule has 0 aliphatic heterocycles. The second-order valence-electron chi connectivity index (χ2n) is 10.5. The number of amides is 1. The van der Waals surface area contributed by atoms with Gasteiger partial charge in [-0.15, -0.1) is 0 Å². The number of rotatable bonds is 14. The van der Waals surface area contributed by atoms with Gasteiger partial charge in [0.15, 0.2) is 0 Å². The molecule has 0 aromatic heterocycles. The van der Waals surface area contributed by atoms with E-state index >= 15 is 0 Å². The Kier molecular flexibility index (Phi) is 10.9. The van der Waals surface area contributed by atoms with Gasteiger partial charge in [-0.3, -0.25) is 4.79 Å². The molecule has 3 rings (SSSR count). The van der Waals surface area contributed by atoms with E-state index in [0.717, 1.165) is 31.2 Å². The maximum atomic E-state index is 13.8. The van der Waals surface area contributed by atoms with E-state index in [1.807, 2.05) is 44.2 Å².